The minimum absolute atomic E-state index is 0.294. The van der Waals surface area contributed by atoms with Gasteiger partial charge in [-0.15, -0.1) is 0 Å². The Bertz CT molecular complexity index is 1060. The quantitative estimate of drug-likeness (QED) is 0.642. The lowest BCUT2D eigenvalue weighted by molar-refractivity contribution is 0.102. The van der Waals surface area contributed by atoms with Crippen molar-refractivity contribution in [3.05, 3.63) is 87.7 Å². The van der Waals surface area contributed by atoms with Crippen molar-refractivity contribution >= 4 is 34.8 Å². The van der Waals surface area contributed by atoms with Gasteiger partial charge in [-0.2, -0.15) is 0 Å². The predicted octanol–water partition coefficient (Wildman–Crippen LogP) is 5.16. The molecule has 5 nitrogen and oxygen atoms in total. The van der Waals surface area contributed by atoms with Crippen molar-refractivity contribution in [3.63, 3.8) is 0 Å². The summed E-state index contributed by atoms with van der Waals surface area (Å²) in [4.78, 5) is 29.2. The molecule has 0 aliphatic heterocycles. The van der Waals surface area contributed by atoms with Crippen molar-refractivity contribution in [1.82, 2.24) is 4.98 Å². The van der Waals surface area contributed by atoms with Crippen LogP contribution in [0, 0.1) is 20.8 Å². The summed E-state index contributed by atoms with van der Waals surface area (Å²) in [6.07, 6.45) is 2.86. The van der Waals surface area contributed by atoms with E-state index in [0.29, 0.717) is 21.8 Å². The Labute approximate surface area is 168 Å². The second-order valence-electron chi connectivity index (χ2n) is 6.58. The molecule has 0 radical (unpaired) electrons. The Kier molecular flexibility index (Phi) is 5.76. The number of halogens is 1. The van der Waals surface area contributed by atoms with Gasteiger partial charge in [0.05, 0.1) is 11.1 Å². The van der Waals surface area contributed by atoms with E-state index in [4.69, 9.17) is 11.6 Å². The van der Waals surface area contributed by atoms with E-state index < -0.39 is 0 Å². The van der Waals surface area contributed by atoms with E-state index in [2.05, 4.69) is 15.6 Å². The molecule has 28 heavy (non-hydrogen) atoms. The van der Waals surface area contributed by atoms with Gasteiger partial charge in [0.1, 0.15) is 0 Å². The first-order valence-electron chi connectivity index (χ1n) is 8.75. The highest BCUT2D eigenvalue weighted by Gasteiger charge is 2.14. The fraction of sp³-hybridized carbons (Fsp3) is 0.136. The molecule has 2 aromatic carbocycles. The number of nitrogens with zero attached hydrogens (tertiary/aromatic N) is 1. The Morgan fingerprint density at radius 1 is 0.821 bits per heavy atom. The zero-order valence-electron chi connectivity index (χ0n) is 15.8. The van der Waals surface area contributed by atoms with Crippen LogP contribution in [0.5, 0.6) is 0 Å². The monoisotopic (exact) mass is 393 g/mol. The fourth-order valence-corrected chi connectivity index (χ4v) is 2.96. The lowest BCUT2D eigenvalue weighted by Crippen LogP contribution is -2.17. The molecule has 0 aliphatic carbocycles. The number of aryl methyl sites for hydroxylation is 2. The van der Waals surface area contributed by atoms with Crippen LogP contribution in [0.15, 0.2) is 54.9 Å². The molecule has 0 unspecified atom stereocenters. The maximum Gasteiger partial charge on any atom is 0.257 e. The molecule has 0 bridgehead atoms. The number of hydrogen-bond acceptors (Lipinski definition) is 3. The van der Waals surface area contributed by atoms with Gasteiger partial charge in [-0.25, -0.2) is 0 Å². The molecule has 142 valence electrons. The van der Waals surface area contributed by atoms with Crippen molar-refractivity contribution < 1.29 is 9.59 Å². The van der Waals surface area contributed by atoms with Crippen LogP contribution >= 0.6 is 11.6 Å². The van der Waals surface area contributed by atoms with Crippen LogP contribution in [0.4, 0.5) is 11.4 Å². The van der Waals surface area contributed by atoms with Gasteiger partial charge in [0, 0.05) is 28.8 Å². The first-order valence-corrected chi connectivity index (χ1v) is 9.13. The first kappa shape index (κ1) is 19.6. The van der Waals surface area contributed by atoms with E-state index >= 15 is 0 Å². The third-order valence-corrected chi connectivity index (χ3v) is 4.79. The lowest BCUT2D eigenvalue weighted by Gasteiger charge is -2.11. The molecular formula is C22H20ClN3O2. The SMILES string of the molecule is Cc1cc(Cl)ccc1NC(=O)c1cncc(C(=O)Nc2cccc(C)c2C)c1. The number of hydrogen-bond donors (Lipinski definition) is 2. The van der Waals surface area contributed by atoms with Crippen molar-refractivity contribution in [2.24, 2.45) is 0 Å². The van der Waals surface area contributed by atoms with Crippen LogP contribution in [-0.2, 0) is 0 Å². The van der Waals surface area contributed by atoms with E-state index in [1.165, 1.54) is 18.5 Å². The van der Waals surface area contributed by atoms with Gasteiger partial charge in [0.15, 0.2) is 0 Å². The molecule has 0 spiro atoms. The van der Waals surface area contributed by atoms with Crippen molar-refractivity contribution in [2.45, 2.75) is 20.8 Å². The molecule has 0 atom stereocenters. The standard InChI is InChI=1S/C22H20ClN3O2/c1-13-5-4-6-20(15(13)3)26-22(28)17-10-16(11-24-12-17)21(27)25-19-8-7-18(23)9-14(19)2/h4-12H,1-3H3,(H,25,27)(H,26,28). The number of anilines is 2. The van der Waals surface area contributed by atoms with Gasteiger partial charge in [0.25, 0.3) is 11.8 Å². The number of nitrogens with one attached hydrogen (secondary N) is 2. The second-order valence-corrected chi connectivity index (χ2v) is 7.01. The maximum absolute atomic E-state index is 12.6. The Morgan fingerprint density at radius 2 is 1.46 bits per heavy atom. The number of aromatic nitrogens is 1. The summed E-state index contributed by atoms with van der Waals surface area (Å²) in [5.41, 5.74) is 4.91. The van der Waals surface area contributed by atoms with E-state index in [-0.39, 0.29) is 11.8 Å². The average molecular weight is 394 g/mol. The maximum atomic E-state index is 12.6. The predicted molar refractivity (Wildman–Crippen MR) is 112 cm³/mol. The van der Waals surface area contributed by atoms with Gasteiger partial charge in [-0.3, -0.25) is 14.6 Å². The van der Waals surface area contributed by atoms with Gasteiger partial charge >= 0.3 is 0 Å². The van der Waals surface area contributed by atoms with Crippen LogP contribution in [-0.4, -0.2) is 16.8 Å². The molecule has 0 aliphatic rings. The number of carbonyl (C=O) groups is 2. The third-order valence-electron chi connectivity index (χ3n) is 4.55. The fourth-order valence-electron chi connectivity index (χ4n) is 2.73. The Morgan fingerprint density at radius 3 is 2.11 bits per heavy atom. The smallest absolute Gasteiger partial charge is 0.257 e. The van der Waals surface area contributed by atoms with Crippen molar-refractivity contribution in [3.8, 4) is 0 Å². The van der Waals surface area contributed by atoms with Crippen molar-refractivity contribution in [1.29, 1.82) is 0 Å². The molecule has 3 rings (SSSR count). The summed E-state index contributed by atoms with van der Waals surface area (Å²) in [5, 5.41) is 6.29. The molecule has 2 N–H and O–H groups in total. The number of carbonyl (C=O) groups excluding carboxylic acids is 2. The van der Waals surface area contributed by atoms with Crippen LogP contribution < -0.4 is 10.6 Å². The molecule has 0 fully saturated rings. The van der Waals surface area contributed by atoms with Crippen LogP contribution in [0.1, 0.15) is 37.4 Å². The summed E-state index contributed by atoms with van der Waals surface area (Å²) in [5.74, 6) is -0.669. The normalized spacial score (nSPS) is 10.4. The van der Waals surface area contributed by atoms with Crippen LogP contribution in [0.2, 0.25) is 5.02 Å². The summed E-state index contributed by atoms with van der Waals surface area (Å²) < 4.78 is 0. The van der Waals surface area contributed by atoms with Gasteiger partial charge in [0.2, 0.25) is 0 Å². The largest absolute Gasteiger partial charge is 0.322 e. The van der Waals surface area contributed by atoms with Gasteiger partial charge in [-0.05, 0) is 67.8 Å². The molecule has 2 amide bonds. The number of rotatable bonds is 4. The van der Waals surface area contributed by atoms with E-state index in [1.54, 1.807) is 18.2 Å². The Hall–Kier alpha value is -3.18. The van der Waals surface area contributed by atoms with E-state index in [1.807, 2.05) is 39.0 Å². The zero-order valence-corrected chi connectivity index (χ0v) is 16.6. The summed E-state index contributed by atoms with van der Waals surface area (Å²) >= 11 is 5.95. The first-order chi connectivity index (χ1) is 13.3. The number of benzene rings is 2. The molecule has 3 aromatic rings. The van der Waals surface area contributed by atoms with E-state index in [9.17, 15) is 9.59 Å². The topological polar surface area (TPSA) is 71.1 Å². The summed E-state index contributed by atoms with van der Waals surface area (Å²) in [6.45, 7) is 5.78. The molecular weight excluding hydrogens is 374 g/mol. The molecule has 6 heteroatoms. The van der Waals surface area contributed by atoms with Crippen molar-refractivity contribution in [2.75, 3.05) is 10.6 Å². The van der Waals surface area contributed by atoms with Crippen LogP contribution in [0.3, 0.4) is 0 Å². The number of pyridine rings is 1. The second kappa shape index (κ2) is 8.23. The highest BCUT2D eigenvalue weighted by Crippen LogP contribution is 2.21. The zero-order chi connectivity index (χ0) is 20.3. The van der Waals surface area contributed by atoms with Gasteiger partial charge < -0.3 is 10.6 Å². The third kappa shape index (κ3) is 4.38. The van der Waals surface area contributed by atoms with E-state index in [0.717, 1.165) is 22.4 Å². The van der Waals surface area contributed by atoms with Gasteiger partial charge in [-0.1, -0.05) is 23.7 Å². The minimum atomic E-state index is -0.348. The average Bonchev–Trinajstić information content (AvgIpc) is 2.67. The highest BCUT2D eigenvalue weighted by atomic mass is 35.5. The highest BCUT2D eigenvalue weighted by molar-refractivity contribution is 6.30. The molecule has 1 heterocycles. The number of amides is 2. The molecule has 0 saturated carbocycles. The summed E-state index contributed by atoms with van der Waals surface area (Å²) in [6, 6.07) is 12.4. The lowest BCUT2D eigenvalue weighted by atomic mass is 10.1. The molecule has 1 aromatic heterocycles. The van der Waals surface area contributed by atoms with Crippen LogP contribution in [0.25, 0.3) is 0 Å². The molecule has 0 saturated heterocycles. The Balaban J connectivity index is 1.78. The minimum Gasteiger partial charge on any atom is -0.322 e. The summed E-state index contributed by atoms with van der Waals surface area (Å²) in [7, 11) is 0.